The highest BCUT2D eigenvalue weighted by molar-refractivity contribution is 7.17. The van der Waals surface area contributed by atoms with Crippen LogP contribution in [-0.4, -0.2) is 50.9 Å². The Bertz CT molecular complexity index is 1120. The number of nitrogens with two attached hydrogens (primary N) is 1. The molecule has 0 aliphatic heterocycles. The molecule has 3 heterocycles. The van der Waals surface area contributed by atoms with Gasteiger partial charge in [-0.25, -0.2) is 24.5 Å². The zero-order valence-corrected chi connectivity index (χ0v) is 24.2. The summed E-state index contributed by atoms with van der Waals surface area (Å²) in [5.74, 6) is 0. The van der Waals surface area contributed by atoms with Crippen LogP contribution < -0.4 is 16.4 Å². The van der Waals surface area contributed by atoms with Crippen molar-refractivity contribution in [3.63, 3.8) is 0 Å². The molecule has 0 saturated carbocycles. The normalized spacial score (nSPS) is 10.2. The van der Waals surface area contributed by atoms with E-state index in [0.29, 0.717) is 31.4 Å². The van der Waals surface area contributed by atoms with Crippen molar-refractivity contribution in [3.8, 4) is 0 Å². The zero-order valence-electron chi connectivity index (χ0n) is 21.0. The predicted octanol–water partition coefficient (Wildman–Crippen LogP) is 5.75. The number of thiazole rings is 3. The van der Waals surface area contributed by atoms with Gasteiger partial charge in [0.1, 0.15) is 11.2 Å². The van der Waals surface area contributed by atoms with Gasteiger partial charge >= 0.3 is 12.2 Å². The third kappa shape index (κ3) is 16.3. The molecule has 0 bridgehead atoms. The van der Waals surface area contributed by atoms with Crippen LogP contribution in [-0.2, 0) is 9.47 Å². The average molecular weight is 593 g/mol. The van der Waals surface area contributed by atoms with Crippen LogP contribution in [0.5, 0.6) is 0 Å². The van der Waals surface area contributed by atoms with Crippen LogP contribution >= 0.6 is 46.4 Å². The molecule has 0 atom stereocenters. The van der Waals surface area contributed by atoms with Crippen LogP contribution in [0.25, 0.3) is 0 Å². The van der Waals surface area contributed by atoms with Gasteiger partial charge in [0.25, 0.3) is 0 Å². The summed E-state index contributed by atoms with van der Waals surface area (Å²) in [7, 11) is 0. The first-order chi connectivity index (χ1) is 16.7. The van der Waals surface area contributed by atoms with Crippen molar-refractivity contribution < 1.29 is 28.7 Å². The number of amides is 2. The van der Waals surface area contributed by atoms with Crippen LogP contribution in [0.4, 0.5) is 25.0 Å². The molecule has 0 aromatic carbocycles. The van der Waals surface area contributed by atoms with E-state index in [1.807, 2.05) is 20.8 Å². The van der Waals surface area contributed by atoms with Crippen molar-refractivity contribution >= 4 is 86.6 Å². The number of carbonyl (C=O) groups excluding carboxylic acids is 4. The molecule has 204 valence electrons. The smallest absolute Gasteiger partial charge is 0.413 e. The first-order valence-corrected chi connectivity index (χ1v) is 12.7. The Kier molecular flexibility index (Phi) is 14.5. The molecule has 0 aliphatic rings. The molecule has 0 aliphatic carbocycles. The Morgan fingerprint density at radius 2 is 1.32 bits per heavy atom. The molecule has 12 nitrogen and oxygen atoms in total. The summed E-state index contributed by atoms with van der Waals surface area (Å²) in [5.41, 5.74) is 4.19. The third-order valence-electron chi connectivity index (χ3n) is 2.95. The Balaban J connectivity index is 0.000000540. The number of ether oxygens (including phenoxy) is 2. The van der Waals surface area contributed by atoms with Gasteiger partial charge < -0.3 is 15.2 Å². The van der Waals surface area contributed by atoms with Crippen LogP contribution in [0.15, 0.2) is 24.0 Å². The van der Waals surface area contributed by atoms with Crippen molar-refractivity contribution in [2.45, 2.75) is 52.7 Å². The van der Waals surface area contributed by atoms with E-state index < -0.39 is 23.4 Å². The van der Waals surface area contributed by atoms with Crippen molar-refractivity contribution in [2.75, 3.05) is 16.4 Å². The molecular weight excluding hydrogens is 564 g/mol. The van der Waals surface area contributed by atoms with Crippen LogP contribution in [0, 0.1) is 0 Å². The van der Waals surface area contributed by atoms with Crippen LogP contribution in [0.3, 0.4) is 0 Å². The Morgan fingerprint density at radius 1 is 0.838 bits per heavy atom. The minimum atomic E-state index is -0.575. The third-order valence-corrected chi connectivity index (χ3v) is 5.22. The molecule has 4 N–H and O–H groups in total. The lowest BCUT2D eigenvalue weighted by Gasteiger charge is -2.18. The number of aromatic nitrogens is 3. The summed E-state index contributed by atoms with van der Waals surface area (Å²) in [5, 5.41) is 8.09. The fourth-order valence-electron chi connectivity index (χ4n) is 1.82. The predicted molar refractivity (Wildman–Crippen MR) is 148 cm³/mol. The maximum Gasteiger partial charge on any atom is 0.413 e. The molecular formula is C21H29ClN6O6S3. The van der Waals surface area contributed by atoms with E-state index in [4.69, 9.17) is 15.2 Å². The van der Waals surface area contributed by atoms with Gasteiger partial charge in [-0.1, -0.05) is 22.7 Å². The minimum Gasteiger partial charge on any atom is -0.444 e. The molecule has 2 amide bonds. The lowest BCUT2D eigenvalue weighted by Crippen LogP contribution is -2.27. The molecule has 0 spiro atoms. The second-order valence-corrected chi connectivity index (χ2v) is 11.5. The van der Waals surface area contributed by atoms with Crippen LogP contribution in [0.1, 0.15) is 60.9 Å². The lowest BCUT2D eigenvalue weighted by atomic mass is 10.2. The number of nitrogens with zero attached hydrogens (tertiary/aromatic N) is 3. The molecule has 0 saturated heterocycles. The van der Waals surface area contributed by atoms with Gasteiger partial charge in [0, 0.05) is 11.6 Å². The van der Waals surface area contributed by atoms with E-state index in [-0.39, 0.29) is 12.4 Å². The standard InChI is InChI=1S/C9H12N2O3S.C8H12N2O2S.C4H4N2OS.ClH/c1-9(2,3)14-8(13)11-7-10-4-6(5-12)15-7;1-8(2,3)12-7(11)10-6-9-4-5-13-6;5-4-6-1-3(2-7)8-4;/h4-5H,1-3H3,(H,10,11,13);4-5H,1-3H3,(H,9,10,11);1-2H,(H2,5,6);1H. The van der Waals surface area contributed by atoms with Crippen LogP contribution in [0.2, 0.25) is 0 Å². The molecule has 0 unspecified atom stereocenters. The number of hydrogen-bond acceptors (Lipinski definition) is 13. The molecule has 0 radical (unpaired) electrons. The first kappa shape index (κ1) is 33.9. The minimum absolute atomic E-state index is 0. The molecule has 16 heteroatoms. The zero-order chi connectivity index (χ0) is 27.4. The van der Waals surface area contributed by atoms with Gasteiger partial charge in [0.2, 0.25) is 0 Å². The highest BCUT2D eigenvalue weighted by Gasteiger charge is 2.17. The number of halogens is 1. The van der Waals surface area contributed by atoms with E-state index in [2.05, 4.69) is 25.6 Å². The fourth-order valence-corrected chi connectivity index (χ4v) is 3.45. The second-order valence-electron chi connectivity index (χ2n) is 8.50. The van der Waals surface area contributed by atoms with Gasteiger partial charge in [0.15, 0.2) is 28.0 Å². The van der Waals surface area contributed by atoms with E-state index in [1.165, 1.54) is 35.1 Å². The summed E-state index contributed by atoms with van der Waals surface area (Å²) >= 11 is 3.64. The number of rotatable bonds is 4. The maximum atomic E-state index is 11.3. The van der Waals surface area contributed by atoms with Crippen molar-refractivity contribution in [1.29, 1.82) is 0 Å². The second kappa shape index (κ2) is 15.9. The maximum absolute atomic E-state index is 11.3. The highest BCUT2D eigenvalue weighted by Crippen LogP contribution is 2.17. The number of anilines is 3. The summed E-state index contributed by atoms with van der Waals surface area (Å²) in [6.45, 7) is 10.7. The topological polar surface area (TPSA) is 175 Å². The van der Waals surface area contributed by atoms with Gasteiger partial charge in [-0.15, -0.1) is 23.7 Å². The number of nitrogen functional groups attached to an aromatic ring is 1. The van der Waals surface area contributed by atoms with Crippen molar-refractivity contribution in [3.05, 3.63) is 33.7 Å². The summed E-state index contributed by atoms with van der Waals surface area (Å²) in [4.78, 5) is 55.1. The largest absolute Gasteiger partial charge is 0.444 e. The molecule has 3 rings (SSSR count). The van der Waals surface area contributed by atoms with E-state index in [0.717, 1.165) is 17.6 Å². The van der Waals surface area contributed by atoms with Crippen molar-refractivity contribution in [2.24, 2.45) is 0 Å². The Morgan fingerprint density at radius 3 is 1.68 bits per heavy atom. The Labute approximate surface area is 232 Å². The SMILES string of the molecule is CC(C)(C)OC(=O)Nc1ncc(C=O)s1.CC(C)(C)OC(=O)Nc1nccs1.Cl.Nc1ncc(C=O)s1. The summed E-state index contributed by atoms with van der Waals surface area (Å²) in [6, 6.07) is 0. The molecule has 3 aromatic heterocycles. The van der Waals surface area contributed by atoms with Gasteiger partial charge in [0.05, 0.1) is 22.1 Å². The van der Waals surface area contributed by atoms with E-state index in [9.17, 15) is 19.2 Å². The van der Waals surface area contributed by atoms with Crippen molar-refractivity contribution in [1.82, 2.24) is 15.0 Å². The first-order valence-electron chi connectivity index (χ1n) is 10.2. The number of aldehydes is 2. The molecule has 0 fully saturated rings. The molecule has 37 heavy (non-hydrogen) atoms. The van der Waals surface area contributed by atoms with Gasteiger partial charge in [-0.2, -0.15) is 0 Å². The van der Waals surface area contributed by atoms with Gasteiger partial charge in [-0.05, 0) is 41.5 Å². The fraction of sp³-hybridized carbons (Fsp3) is 0.381. The molecule has 3 aromatic rings. The van der Waals surface area contributed by atoms with E-state index >= 15 is 0 Å². The quantitative estimate of drug-likeness (QED) is 0.316. The lowest BCUT2D eigenvalue weighted by molar-refractivity contribution is 0.0624. The number of carbonyl (C=O) groups is 4. The Hall–Kier alpha value is -3.14. The summed E-state index contributed by atoms with van der Waals surface area (Å²) < 4.78 is 10.0. The summed E-state index contributed by atoms with van der Waals surface area (Å²) in [6.07, 6.45) is 4.83. The van der Waals surface area contributed by atoms with E-state index in [1.54, 1.807) is 32.3 Å². The number of hydrogen-bond donors (Lipinski definition) is 3. The monoisotopic (exact) mass is 592 g/mol. The average Bonchev–Trinajstić information content (AvgIpc) is 3.48. The number of nitrogens with one attached hydrogen (secondary N) is 2. The highest BCUT2D eigenvalue weighted by atomic mass is 35.5. The van der Waals surface area contributed by atoms with Gasteiger partial charge in [-0.3, -0.25) is 20.2 Å².